The lowest BCUT2D eigenvalue weighted by atomic mass is 9.92. The van der Waals surface area contributed by atoms with Gasteiger partial charge in [-0.05, 0) is 81.3 Å². The number of H-pyrrole nitrogens is 1. The molecule has 6 rings (SSSR count). The summed E-state index contributed by atoms with van der Waals surface area (Å²) >= 11 is 0. The Balaban J connectivity index is 1.30. The van der Waals surface area contributed by atoms with E-state index in [4.69, 9.17) is 0 Å². The molecule has 1 amide bonds. The fourth-order valence-electron chi connectivity index (χ4n) is 5.80. The molecule has 0 bridgehead atoms. The molecule has 3 aromatic carbocycles. The zero-order chi connectivity index (χ0) is 31.0. The van der Waals surface area contributed by atoms with Crippen LogP contribution in [-0.4, -0.2) is 79.9 Å². The van der Waals surface area contributed by atoms with Crippen LogP contribution in [0.15, 0.2) is 64.4 Å². The van der Waals surface area contributed by atoms with Crippen molar-refractivity contribution < 1.29 is 27.1 Å². The van der Waals surface area contributed by atoms with Crippen LogP contribution in [0.1, 0.15) is 36.0 Å². The molecule has 232 valence electrons. The van der Waals surface area contributed by atoms with Gasteiger partial charge in [0.15, 0.2) is 5.82 Å². The summed E-state index contributed by atoms with van der Waals surface area (Å²) in [4.78, 5) is 17.5. The number of fused-ring (bicyclic) bond motifs is 1. The first kappa shape index (κ1) is 30.0. The second-order valence-electron chi connectivity index (χ2n) is 11.5. The van der Waals surface area contributed by atoms with E-state index < -0.39 is 32.3 Å². The average Bonchev–Trinajstić information content (AvgIpc) is 3.40. The predicted octanol–water partition coefficient (Wildman–Crippen LogP) is 4.39. The van der Waals surface area contributed by atoms with Crippen LogP contribution in [0.2, 0.25) is 0 Å². The van der Waals surface area contributed by atoms with E-state index in [9.17, 15) is 27.1 Å². The number of amides is 1. The number of rotatable bonds is 7. The van der Waals surface area contributed by atoms with E-state index >= 15 is 0 Å². The van der Waals surface area contributed by atoms with E-state index in [-0.39, 0.29) is 22.9 Å². The molecular formula is C31H34F2N6O4S. The number of carbonyl (C=O) groups excluding carboxylic acids is 1. The van der Waals surface area contributed by atoms with Crippen LogP contribution in [-0.2, 0) is 9.84 Å². The van der Waals surface area contributed by atoms with Crippen molar-refractivity contribution in [2.45, 2.75) is 47.6 Å². The number of hydrogen-bond acceptors (Lipinski definition) is 8. The third-order valence-corrected chi connectivity index (χ3v) is 10.1. The van der Waals surface area contributed by atoms with Gasteiger partial charge in [-0.25, -0.2) is 17.2 Å². The summed E-state index contributed by atoms with van der Waals surface area (Å²) in [5.74, 6) is -2.34. The highest BCUT2D eigenvalue weighted by Gasteiger charge is 2.25. The number of piperazine rings is 1. The maximum Gasteiger partial charge on any atom is 0.258 e. The van der Waals surface area contributed by atoms with Crippen molar-refractivity contribution >= 4 is 43.8 Å². The fourth-order valence-corrected chi connectivity index (χ4v) is 7.13. The van der Waals surface area contributed by atoms with Gasteiger partial charge in [-0.1, -0.05) is 0 Å². The zero-order valence-corrected chi connectivity index (χ0v) is 25.0. The molecule has 1 saturated heterocycles. The smallest absolute Gasteiger partial charge is 0.258 e. The van der Waals surface area contributed by atoms with Gasteiger partial charge in [0, 0.05) is 55.0 Å². The molecule has 2 fully saturated rings. The maximum atomic E-state index is 13.8. The lowest BCUT2D eigenvalue weighted by Gasteiger charge is -2.35. The van der Waals surface area contributed by atoms with E-state index in [1.807, 2.05) is 12.1 Å². The summed E-state index contributed by atoms with van der Waals surface area (Å²) in [6.07, 6.45) is 2.61. The summed E-state index contributed by atoms with van der Waals surface area (Å²) in [6, 6.07) is 12.0. The van der Waals surface area contributed by atoms with Crippen molar-refractivity contribution in [2.75, 3.05) is 48.8 Å². The Morgan fingerprint density at radius 2 is 1.64 bits per heavy atom. The Morgan fingerprint density at radius 1 is 0.932 bits per heavy atom. The fraction of sp³-hybridized carbons (Fsp3) is 0.355. The number of anilines is 3. The van der Waals surface area contributed by atoms with Gasteiger partial charge in [0.25, 0.3) is 5.91 Å². The Bertz CT molecular complexity index is 1780. The monoisotopic (exact) mass is 624 g/mol. The minimum absolute atomic E-state index is 0.0966. The van der Waals surface area contributed by atoms with Crippen LogP contribution < -0.4 is 15.5 Å². The van der Waals surface area contributed by atoms with Gasteiger partial charge in [0.2, 0.25) is 9.84 Å². The van der Waals surface area contributed by atoms with Crippen LogP contribution in [0.5, 0.6) is 0 Å². The minimum atomic E-state index is -4.27. The van der Waals surface area contributed by atoms with Crippen LogP contribution in [0.4, 0.5) is 26.0 Å². The van der Waals surface area contributed by atoms with Crippen LogP contribution in [0.25, 0.3) is 10.9 Å². The van der Waals surface area contributed by atoms with Gasteiger partial charge in [0.1, 0.15) is 11.6 Å². The largest absolute Gasteiger partial charge is 0.393 e. The van der Waals surface area contributed by atoms with Gasteiger partial charge in [-0.15, -0.1) is 0 Å². The molecule has 1 aliphatic heterocycles. The number of hydrogen-bond donors (Lipinski definition) is 4. The van der Waals surface area contributed by atoms with Gasteiger partial charge >= 0.3 is 0 Å². The highest BCUT2D eigenvalue weighted by Crippen LogP contribution is 2.32. The number of nitrogens with zero attached hydrogens (tertiary/aromatic N) is 3. The van der Waals surface area contributed by atoms with E-state index in [1.54, 1.807) is 6.07 Å². The predicted molar refractivity (Wildman–Crippen MR) is 164 cm³/mol. The summed E-state index contributed by atoms with van der Waals surface area (Å²) < 4.78 is 54.0. The summed E-state index contributed by atoms with van der Waals surface area (Å²) in [5, 5.41) is 23.6. The molecule has 0 unspecified atom stereocenters. The highest BCUT2D eigenvalue weighted by molar-refractivity contribution is 7.91. The summed E-state index contributed by atoms with van der Waals surface area (Å²) in [7, 11) is -2.18. The number of halogens is 2. The van der Waals surface area contributed by atoms with Gasteiger partial charge < -0.3 is 25.5 Å². The molecule has 44 heavy (non-hydrogen) atoms. The average molecular weight is 625 g/mol. The number of aliphatic hydroxyl groups is 1. The summed E-state index contributed by atoms with van der Waals surface area (Å²) in [6.45, 7) is 3.60. The Hall–Kier alpha value is -4.07. The zero-order valence-electron chi connectivity index (χ0n) is 24.2. The lowest BCUT2D eigenvalue weighted by Crippen LogP contribution is -2.44. The molecule has 10 nitrogen and oxygen atoms in total. The molecule has 0 atom stereocenters. The first-order chi connectivity index (χ1) is 21.1. The van der Waals surface area contributed by atoms with Gasteiger partial charge in [-0.3, -0.25) is 9.89 Å². The molecule has 1 saturated carbocycles. The molecule has 4 N–H and O–H groups in total. The Kier molecular flexibility index (Phi) is 8.27. The number of aromatic amines is 1. The second-order valence-corrected chi connectivity index (χ2v) is 13.5. The van der Waals surface area contributed by atoms with Crippen molar-refractivity contribution in [3.8, 4) is 0 Å². The topological polar surface area (TPSA) is 131 Å². The lowest BCUT2D eigenvalue weighted by molar-refractivity contribution is 0.102. The molecule has 4 aromatic rings. The third-order valence-electron chi connectivity index (χ3n) is 8.40. The number of nitrogens with one attached hydrogen (secondary N) is 3. The normalized spacial score (nSPS) is 19.7. The summed E-state index contributed by atoms with van der Waals surface area (Å²) in [5.41, 5.74) is 2.52. The number of sulfone groups is 1. The Labute approximate surface area is 254 Å². The first-order valence-corrected chi connectivity index (χ1v) is 16.1. The van der Waals surface area contributed by atoms with Crippen molar-refractivity contribution in [1.82, 2.24) is 15.1 Å². The molecule has 0 radical (unpaired) electrons. The second kappa shape index (κ2) is 12.1. The number of likely N-dealkylation sites (N-methyl/N-ethyl adjacent to an activating group) is 1. The quantitative estimate of drug-likeness (QED) is 0.238. The SMILES string of the molecule is CN1CCN(c2ccc(C(=O)Nc3n[nH]c4ccc(S(=O)(=O)c5cc(F)cc(F)c5)cc34)c(NC3CCC(O)CC3)c2)CC1. The van der Waals surface area contributed by atoms with Gasteiger partial charge in [-0.2, -0.15) is 5.10 Å². The number of aliphatic hydroxyl groups excluding tert-OH is 1. The molecule has 13 heteroatoms. The number of carbonyl (C=O) groups is 1. The van der Waals surface area contributed by atoms with E-state index in [1.165, 1.54) is 18.2 Å². The van der Waals surface area contributed by atoms with Crippen LogP contribution in [0, 0.1) is 11.6 Å². The molecule has 0 spiro atoms. The molecule has 2 aliphatic rings. The minimum Gasteiger partial charge on any atom is -0.393 e. The van der Waals surface area contributed by atoms with E-state index in [0.29, 0.717) is 41.1 Å². The highest BCUT2D eigenvalue weighted by atomic mass is 32.2. The van der Waals surface area contributed by atoms with E-state index in [0.717, 1.165) is 56.8 Å². The van der Waals surface area contributed by atoms with Crippen molar-refractivity contribution in [3.63, 3.8) is 0 Å². The van der Waals surface area contributed by atoms with Crippen LogP contribution >= 0.6 is 0 Å². The van der Waals surface area contributed by atoms with Crippen molar-refractivity contribution in [2.24, 2.45) is 0 Å². The maximum absolute atomic E-state index is 13.8. The van der Waals surface area contributed by atoms with E-state index in [2.05, 4.69) is 37.7 Å². The molecule has 2 heterocycles. The van der Waals surface area contributed by atoms with Gasteiger partial charge in [0.05, 0.1) is 27.0 Å². The number of benzene rings is 3. The molecule has 1 aromatic heterocycles. The number of aromatic nitrogens is 2. The van der Waals surface area contributed by atoms with Crippen molar-refractivity contribution in [1.29, 1.82) is 0 Å². The first-order valence-electron chi connectivity index (χ1n) is 14.6. The Morgan fingerprint density at radius 3 is 2.34 bits per heavy atom. The molecule has 1 aliphatic carbocycles. The molecular weight excluding hydrogens is 590 g/mol. The van der Waals surface area contributed by atoms with Crippen LogP contribution in [0.3, 0.4) is 0 Å². The third kappa shape index (κ3) is 6.26. The van der Waals surface area contributed by atoms with Crippen molar-refractivity contribution in [3.05, 3.63) is 71.8 Å². The standard InChI is InChI=1S/C31H34F2N6O4S/c1-38-10-12-39(13-11-38)22-4-8-26(29(17-22)34-21-2-5-23(40)6-3-21)31(41)35-30-27-18-24(7-9-28(27)36-37-30)44(42,43)25-15-19(32)14-20(33)16-25/h4,7-9,14-18,21,23,34,40H,2-3,5-6,10-13H2,1H3,(H2,35,36,37,41).